The van der Waals surface area contributed by atoms with Gasteiger partial charge in [0.05, 0.1) is 0 Å². The number of anilines is 2. The summed E-state index contributed by atoms with van der Waals surface area (Å²) in [7, 11) is 1.74. The molecule has 3 N–H and O–H groups in total. The van der Waals surface area contributed by atoms with Crippen molar-refractivity contribution in [2.24, 2.45) is 7.05 Å². The molecule has 0 atom stereocenters. The number of fused-ring (bicyclic) bond motifs is 1. The van der Waals surface area contributed by atoms with Crippen molar-refractivity contribution in [3.05, 3.63) is 41.1 Å². The van der Waals surface area contributed by atoms with Crippen LogP contribution in [0.3, 0.4) is 0 Å². The molecule has 0 unspecified atom stereocenters. The van der Waals surface area contributed by atoms with Crippen LogP contribution in [0.25, 0.3) is 0 Å². The minimum Gasteiger partial charge on any atom is -0.382 e. The van der Waals surface area contributed by atoms with Gasteiger partial charge in [-0.25, -0.2) is 0 Å². The van der Waals surface area contributed by atoms with Crippen LogP contribution in [0.2, 0.25) is 0 Å². The van der Waals surface area contributed by atoms with Crippen LogP contribution < -0.4 is 11.1 Å². The van der Waals surface area contributed by atoms with Gasteiger partial charge in [-0.15, -0.1) is 0 Å². The van der Waals surface area contributed by atoms with Crippen LogP contribution in [0.1, 0.15) is 27.9 Å². The summed E-state index contributed by atoms with van der Waals surface area (Å²) in [6.07, 6.45) is 5.05. The molecular formula is C14H16N4O. The van der Waals surface area contributed by atoms with E-state index in [0.29, 0.717) is 5.56 Å². The number of benzene rings is 1. The average molecular weight is 256 g/mol. The van der Waals surface area contributed by atoms with Gasteiger partial charge in [-0.05, 0) is 42.5 Å². The molecule has 5 heteroatoms. The molecule has 2 aromatic rings. The number of aromatic nitrogens is 2. The third-order valence-corrected chi connectivity index (χ3v) is 3.46. The fraction of sp³-hybridized carbons (Fsp3) is 0.286. The van der Waals surface area contributed by atoms with Gasteiger partial charge in [0.25, 0.3) is 5.91 Å². The number of amides is 1. The topological polar surface area (TPSA) is 72.9 Å². The zero-order valence-corrected chi connectivity index (χ0v) is 10.8. The third-order valence-electron chi connectivity index (χ3n) is 3.46. The standard InChI is InChI=1S/C14H16N4O/c1-18-8-12(13(15)17-18)14(19)16-11-6-5-9-3-2-4-10(9)7-11/h5-8H,2-4H2,1H3,(H2,15,17)(H,16,19). The van der Waals surface area contributed by atoms with Crippen molar-refractivity contribution in [1.82, 2.24) is 9.78 Å². The molecule has 0 bridgehead atoms. The molecule has 0 spiro atoms. The van der Waals surface area contributed by atoms with E-state index < -0.39 is 0 Å². The quantitative estimate of drug-likeness (QED) is 0.859. The van der Waals surface area contributed by atoms with E-state index in [4.69, 9.17) is 5.73 Å². The Bertz CT molecular complexity index is 645. The van der Waals surface area contributed by atoms with Gasteiger partial charge in [0, 0.05) is 18.9 Å². The number of nitrogens with two attached hydrogens (primary N) is 1. The molecule has 0 fully saturated rings. The van der Waals surface area contributed by atoms with Gasteiger partial charge in [0.2, 0.25) is 0 Å². The lowest BCUT2D eigenvalue weighted by atomic mass is 10.1. The molecule has 0 saturated heterocycles. The first-order chi connectivity index (χ1) is 9.13. The van der Waals surface area contributed by atoms with E-state index in [9.17, 15) is 4.79 Å². The molecule has 1 aromatic carbocycles. The first-order valence-electron chi connectivity index (χ1n) is 6.36. The van der Waals surface area contributed by atoms with Crippen LogP contribution in [0.15, 0.2) is 24.4 Å². The number of nitrogens with zero attached hydrogens (tertiary/aromatic N) is 2. The normalized spacial score (nSPS) is 13.3. The highest BCUT2D eigenvalue weighted by molar-refractivity contribution is 6.07. The van der Waals surface area contributed by atoms with Crippen LogP contribution >= 0.6 is 0 Å². The maximum atomic E-state index is 12.1. The highest BCUT2D eigenvalue weighted by Gasteiger charge is 2.15. The summed E-state index contributed by atoms with van der Waals surface area (Å²) in [4.78, 5) is 12.1. The first kappa shape index (κ1) is 11.8. The fourth-order valence-corrected chi connectivity index (χ4v) is 2.53. The number of carbonyl (C=O) groups is 1. The van der Waals surface area contributed by atoms with Gasteiger partial charge in [-0.3, -0.25) is 9.48 Å². The molecule has 1 heterocycles. The first-order valence-corrected chi connectivity index (χ1v) is 6.36. The highest BCUT2D eigenvalue weighted by atomic mass is 16.1. The number of hydrogen-bond donors (Lipinski definition) is 2. The van der Waals surface area contributed by atoms with E-state index in [2.05, 4.69) is 16.5 Å². The Morgan fingerprint density at radius 2 is 2.16 bits per heavy atom. The van der Waals surface area contributed by atoms with Crippen LogP contribution in [-0.2, 0) is 19.9 Å². The molecule has 1 amide bonds. The molecule has 98 valence electrons. The Balaban J connectivity index is 1.81. The van der Waals surface area contributed by atoms with Crippen molar-refractivity contribution in [2.45, 2.75) is 19.3 Å². The predicted octanol–water partition coefficient (Wildman–Crippen LogP) is 1.74. The summed E-state index contributed by atoms with van der Waals surface area (Å²) in [5.41, 5.74) is 9.63. The van der Waals surface area contributed by atoms with Gasteiger partial charge < -0.3 is 11.1 Å². The van der Waals surface area contributed by atoms with E-state index in [1.54, 1.807) is 13.2 Å². The maximum absolute atomic E-state index is 12.1. The smallest absolute Gasteiger partial charge is 0.261 e. The van der Waals surface area contributed by atoms with Crippen LogP contribution in [-0.4, -0.2) is 15.7 Å². The monoisotopic (exact) mass is 256 g/mol. The largest absolute Gasteiger partial charge is 0.382 e. The molecule has 0 aliphatic heterocycles. The molecule has 0 saturated carbocycles. The SMILES string of the molecule is Cn1cc(C(=O)Nc2ccc3c(c2)CCC3)c(N)n1. The van der Waals surface area contributed by atoms with Gasteiger partial charge in [-0.2, -0.15) is 5.10 Å². The number of hydrogen-bond acceptors (Lipinski definition) is 3. The number of aryl methyl sites for hydroxylation is 3. The number of carbonyl (C=O) groups excluding carboxylic acids is 1. The Morgan fingerprint density at radius 1 is 1.37 bits per heavy atom. The average Bonchev–Trinajstić information content (AvgIpc) is 2.94. The van der Waals surface area contributed by atoms with E-state index in [1.807, 2.05) is 12.1 Å². The number of nitrogens with one attached hydrogen (secondary N) is 1. The van der Waals surface area contributed by atoms with Crippen molar-refractivity contribution >= 4 is 17.4 Å². The zero-order valence-electron chi connectivity index (χ0n) is 10.8. The summed E-state index contributed by atoms with van der Waals surface area (Å²) in [5, 5.41) is 6.84. The lowest BCUT2D eigenvalue weighted by Crippen LogP contribution is -2.13. The lowest BCUT2D eigenvalue weighted by molar-refractivity contribution is 0.102. The summed E-state index contributed by atoms with van der Waals surface area (Å²) in [6, 6.07) is 6.08. The zero-order chi connectivity index (χ0) is 13.4. The predicted molar refractivity (Wildman–Crippen MR) is 74.0 cm³/mol. The molecule has 5 nitrogen and oxygen atoms in total. The summed E-state index contributed by atoms with van der Waals surface area (Å²) in [5.74, 6) is 0.0321. The van der Waals surface area contributed by atoms with Gasteiger partial charge >= 0.3 is 0 Å². The van der Waals surface area contributed by atoms with E-state index in [0.717, 1.165) is 18.5 Å². The molecular weight excluding hydrogens is 240 g/mol. The molecule has 19 heavy (non-hydrogen) atoms. The number of rotatable bonds is 2. The molecule has 0 radical (unpaired) electrons. The van der Waals surface area contributed by atoms with E-state index in [1.165, 1.54) is 22.2 Å². The van der Waals surface area contributed by atoms with Crippen molar-refractivity contribution in [3.8, 4) is 0 Å². The van der Waals surface area contributed by atoms with Gasteiger partial charge in [0.1, 0.15) is 5.56 Å². The summed E-state index contributed by atoms with van der Waals surface area (Å²) < 4.78 is 1.53. The summed E-state index contributed by atoms with van der Waals surface area (Å²) in [6.45, 7) is 0. The number of nitrogen functional groups attached to an aromatic ring is 1. The Hall–Kier alpha value is -2.30. The molecule has 3 rings (SSSR count). The summed E-state index contributed by atoms with van der Waals surface area (Å²) >= 11 is 0. The van der Waals surface area contributed by atoms with Gasteiger partial charge in [-0.1, -0.05) is 6.07 Å². The Kier molecular flexibility index (Phi) is 2.74. The molecule has 1 aliphatic carbocycles. The lowest BCUT2D eigenvalue weighted by Gasteiger charge is -2.06. The maximum Gasteiger partial charge on any atom is 0.261 e. The van der Waals surface area contributed by atoms with Crippen molar-refractivity contribution in [3.63, 3.8) is 0 Å². The minimum absolute atomic E-state index is 0.219. The van der Waals surface area contributed by atoms with Crippen LogP contribution in [0, 0.1) is 0 Å². The van der Waals surface area contributed by atoms with Crippen LogP contribution in [0.5, 0.6) is 0 Å². The van der Waals surface area contributed by atoms with Crippen LogP contribution in [0.4, 0.5) is 11.5 Å². The Morgan fingerprint density at radius 3 is 2.89 bits per heavy atom. The van der Waals surface area contributed by atoms with Gasteiger partial charge in [0.15, 0.2) is 5.82 Å². The van der Waals surface area contributed by atoms with Crippen molar-refractivity contribution in [1.29, 1.82) is 0 Å². The Labute approximate surface area is 111 Å². The minimum atomic E-state index is -0.219. The second-order valence-electron chi connectivity index (χ2n) is 4.89. The second-order valence-corrected chi connectivity index (χ2v) is 4.89. The molecule has 1 aromatic heterocycles. The van der Waals surface area contributed by atoms with E-state index in [-0.39, 0.29) is 11.7 Å². The van der Waals surface area contributed by atoms with Crippen molar-refractivity contribution < 1.29 is 4.79 Å². The third kappa shape index (κ3) is 2.19. The molecule has 1 aliphatic rings. The fourth-order valence-electron chi connectivity index (χ4n) is 2.53. The van der Waals surface area contributed by atoms with E-state index >= 15 is 0 Å². The van der Waals surface area contributed by atoms with Crippen molar-refractivity contribution in [2.75, 3.05) is 11.1 Å². The highest BCUT2D eigenvalue weighted by Crippen LogP contribution is 2.25. The second kappa shape index (κ2) is 4.42.